The van der Waals surface area contributed by atoms with Crippen LogP contribution in [0.15, 0.2) is 48.5 Å². The molecule has 144 valence electrons. The normalized spacial score (nSPS) is 15.9. The van der Waals surface area contributed by atoms with Crippen LogP contribution in [0.1, 0.15) is 36.5 Å². The molecular weight excluding hydrogens is 334 g/mol. The number of carbonyl (C=O) groups excluding carboxylic acids is 1. The SMILES string of the molecule is Cc1ccc(CN2CCN(CC(=O)Nc3ccc(C(C)C)cc3)CC2)cc1. The third-order valence-electron chi connectivity index (χ3n) is 5.22. The molecule has 1 fully saturated rings. The number of nitrogens with zero attached hydrogens (tertiary/aromatic N) is 2. The molecule has 1 N–H and O–H groups in total. The van der Waals surface area contributed by atoms with Crippen molar-refractivity contribution in [2.45, 2.75) is 33.2 Å². The highest BCUT2D eigenvalue weighted by Gasteiger charge is 2.19. The fourth-order valence-corrected chi connectivity index (χ4v) is 3.41. The largest absolute Gasteiger partial charge is 0.325 e. The average Bonchev–Trinajstić information content (AvgIpc) is 2.65. The summed E-state index contributed by atoms with van der Waals surface area (Å²) in [6.45, 7) is 11.8. The predicted molar refractivity (Wildman–Crippen MR) is 112 cm³/mol. The van der Waals surface area contributed by atoms with Crippen molar-refractivity contribution in [1.82, 2.24) is 9.80 Å². The molecule has 0 unspecified atom stereocenters. The van der Waals surface area contributed by atoms with E-state index in [4.69, 9.17) is 0 Å². The number of hydrogen-bond acceptors (Lipinski definition) is 3. The van der Waals surface area contributed by atoms with Crippen molar-refractivity contribution in [3.8, 4) is 0 Å². The molecule has 1 saturated heterocycles. The smallest absolute Gasteiger partial charge is 0.238 e. The van der Waals surface area contributed by atoms with Crippen LogP contribution in [0.5, 0.6) is 0 Å². The fourth-order valence-electron chi connectivity index (χ4n) is 3.41. The minimum atomic E-state index is 0.0688. The minimum absolute atomic E-state index is 0.0688. The Labute approximate surface area is 163 Å². The zero-order chi connectivity index (χ0) is 19.2. The zero-order valence-corrected chi connectivity index (χ0v) is 16.7. The van der Waals surface area contributed by atoms with Crippen LogP contribution in [0, 0.1) is 6.92 Å². The van der Waals surface area contributed by atoms with Gasteiger partial charge in [-0.15, -0.1) is 0 Å². The van der Waals surface area contributed by atoms with Gasteiger partial charge in [0.05, 0.1) is 6.54 Å². The minimum Gasteiger partial charge on any atom is -0.325 e. The van der Waals surface area contributed by atoms with Crippen molar-refractivity contribution in [1.29, 1.82) is 0 Å². The van der Waals surface area contributed by atoms with E-state index in [2.05, 4.69) is 72.3 Å². The van der Waals surface area contributed by atoms with Crippen molar-refractivity contribution < 1.29 is 4.79 Å². The average molecular weight is 366 g/mol. The Morgan fingerprint density at radius 2 is 1.52 bits per heavy atom. The number of piperazine rings is 1. The number of hydrogen-bond donors (Lipinski definition) is 1. The van der Waals surface area contributed by atoms with E-state index in [1.165, 1.54) is 16.7 Å². The monoisotopic (exact) mass is 365 g/mol. The second-order valence-electron chi connectivity index (χ2n) is 7.86. The summed E-state index contributed by atoms with van der Waals surface area (Å²) >= 11 is 0. The summed E-state index contributed by atoms with van der Waals surface area (Å²) in [6.07, 6.45) is 0. The lowest BCUT2D eigenvalue weighted by atomic mass is 10.0. The molecule has 0 radical (unpaired) electrons. The Bertz CT molecular complexity index is 729. The van der Waals surface area contributed by atoms with E-state index < -0.39 is 0 Å². The number of carbonyl (C=O) groups is 1. The van der Waals surface area contributed by atoms with E-state index in [9.17, 15) is 4.79 Å². The topological polar surface area (TPSA) is 35.6 Å². The Hall–Kier alpha value is -2.17. The standard InChI is InChI=1S/C23H31N3O/c1-18(2)21-8-10-22(11-9-21)24-23(27)17-26-14-12-25(13-15-26)16-20-6-4-19(3)5-7-20/h4-11,18H,12-17H2,1-3H3,(H,24,27). The number of nitrogens with one attached hydrogen (secondary N) is 1. The van der Waals surface area contributed by atoms with E-state index in [0.717, 1.165) is 38.4 Å². The summed E-state index contributed by atoms with van der Waals surface area (Å²) in [6, 6.07) is 16.9. The zero-order valence-electron chi connectivity index (χ0n) is 16.7. The molecule has 1 aliphatic rings. The maximum Gasteiger partial charge on any atom is 0.238 e. The van der Waals surface area contributed by atoms with Crippen LogP contribution < -0.4 is 5.32 Å². The summed E-state index contributed by atoms with van der Waals surface area (Å²) in [4.78, 5) is 17.0. The van der Waals surface area contributed by atoms with Crippen molar-refractivity contribution in [2.75, 3.05) is 38.0 Å². The van der Waals surface area contributed by atoms with Gasteiger partial charge in [-0.1, -0.05) is 55.8 Å². The van der Waals surface area contributed by atoms with Crippen LogP contribution in [0.2, 0.25) is 0 Å². The summed E-state index contributed by atoms with van der Waals surface area (Å²) in [5, 5.41) is 3.02. The summed E-state index contributed by atoms with van der Waals surface area (Å²) in [5.74, 6) is 0.574. The number of rotatable bonds is 6. The Morgan fingerprint density at radius 1 is 0.926 bits per heavy atom. The van der Waals surface area contributed by atoms with Gasteiger partial charge in [0.1, 0.15) is 0 Å². The Morgan fingerprint density at radius 3 is 2.11 bits per heavy atom. The van der Waals surface area contributed by atoms with E-state index in [0.29, 0.717) is 12.5 Å². The summed E-state index contributed by atoms with van der Waals surface area (Å²) in [5.41, 5.74) is 4.82. The van der Waals surface area contributed by atoms with Gasteiger partial charge in [-0.3, -0.25) is 14.6 Å². The molecule has 0 saturated carbocycles. The highest BCUT2D eigenvalue weighted by Crippen LogP contribution is 2.17. The van der Waals surface area contributed by atoms with Crippen LogP contribution in [-0.4, -0.2) is 48.4 Å². The van der Waals surface area contributed by atoms with Gasteiger partial charge in [-0.25, -0.2) is 0 Å². The van der Waals surface area contributed by atoms with Crippen LogP contribution in [-0.2, 0) is 11.3 Å². The lowest BCUT2D eigenvalue weighted by molar-refractivity contribution is -0.117. The lowest BCUT2D eigenvalue weighted by Gasteiger charge is -2.34. The molecule has 2 aromatic rings. The Kier molecular flexibility index (Phi) is 6.64. The predicted octanol–water partition coefficient (Wildman–Crippen LogP) is 3.87. The van der Waals surface area contributed by atoms with Gasteiger partial charge in [0.2, 0.25) is 5.91 Å². The molecular formula is C23H31N3O. The summed E-state index contributed by atoms with van der Waals surface area (Å²) < 4.78 is 0. The maximum atomic E-state index is 12.3. The molecule has 2 aromatic carbocycles. The second-order valence-corrected chi connectivity index (χ2v) is 7.86. The molecule has 0 atom stereocenters. The van der Waals surface area contributed by atoms with E-state index in [-0.39, 0.29) is 5.91 Å². The van der Waals surface area contributed by atoms with Crippen LogP contribution in [0.4, 0.5) is 5.69 Å². The van der Waals surface area contributed by atoms with Crippen LogP contribution >= 0.6 is 0 Å². The molecule has 0 bridgehead atoms. The summed E-state index contributed by atoms with van der Waals surface area (Å²) in [7, 11) is 0. The van der Waals surface area contributed by atoms with Gasteiger partial charge in [-0.2, -0.15) is 0 Å². The molecule has 0 aliphatic carbocycles. The number of anilines is 1. The first-order valence-corrected chi connectivity index (χ1v) is 9.89. The number of benzene rings is 2. The van der Waals surface area contributed by atoms with Crippen LogP contribution in [0.25, 0.3) is 0 Å². The number of aryl methyl sites for hydroxylation is 1. The van der Waals surface area contributed by atoms with Gasteiger partial charge < -0.3 is 5.32 Å². The molecule has 4 nitrogen and oxygen atoms in total. The number of amides is 1. The van der Waals surface area contributed by atoms with Gasteiger partial charge in [0, 0.05) is 38.4 Å². The first-order chi connectivity index (χ1) is 13.0. The first kappa shape index (κ1) is 19.6. The maximum absolute atomic E-state index is 12.3. The molecule has 1 aliphatic heterocycles. The van der Waals surface area contributed by atoms with E-state index in [1.54, 1.807) is 0 Å². The van der Waals surface area contributed by atoms with Crippen molar-refractivity contribution in [3.63, 3.8) is 0 Å². The third kappa shape index (κ3) is 5.91. The molecule has 1 heterocycles. The molecule has 4 heteroatoms. The van der Waals surface area contributed by atoms with Crippen LogP contribution in [0.3, 0.4) is 0 Å². The molecule has 1 amide bonds. The molecule has 3 rings (SSSR count). The molecule has 0 aromatic heterocycles. The highest BCUT2D eigenvalue weighted by molar-refractivity contribution is 5.92. The van der Waals surface area contributed by atoms with Crippen molar-refractivity contribution in [2.24, 2.45) is 0 Å². The van der Waals surface area contributed by atoms with Gasteiger partial charge in [0.25, 0.3) is 0 Å². The quantitative estimate of drug-likeness (QED) is 0.844. The van der Waals surface area contributed by atoms with Crippen molar-refractivity contribution in [3.05, 3.63) is 65.2 Å². The highest BCUT2D eigenvalue weighted by atomic mass is 16.2. The third-order valence-corrected chi connectivity index (χ3v) is 5.22. The first-order valence-electron chi connectivity index (χ1n) is 9.89. The Balaban J connectivity index is 1.41. The molecule has 27 heavy (non-hydrogen) atoms. The van der Waals surface area contributed by atoms with E-state index >= 15 is 0 Å². The van der Waals surface area contributed by atoms with Gasteiger partial charge >= 0.3 is 0 Å². The van der Waals surface area contributed by atoms with Gasteiger partial charge in [-0.05, 0) is 36.1 Å². The van der Waals surface area contributed by atoms with E-state index in [1.807, 2.05) is 12.1 Å². The molecule has 0 spiro atoms. The lowest BCUT2D eigenvalue weighted by Crippen LogP contribution is -2.48. The van der Waals surface area contributed by atoms with Crippen molar-refractivity contribution >= 4 is 11.6 Å². The van der Waals surface area contributed by atoms with Gasteiger partial charge in [0.15, 0.2) is 0 Å². The second kappa shape index (κ2) is 9.16. The fraction of sp³-hybridized carbons (Fsp3) is 0.435.